The fourth-order valence-electron chi connectivity index (χ4n) is 3.31. The number of rotatable bonds is 3. The largest absolute Gasteiger partial charge is 0.339 e. The lowest BCUT2D eigenvalue weighted by molar-refractivity contribution is 0.0714. The first-order valence-electron chi connectivity index (χ1n) is 8.26. The van der Waals surface area contributed by atoms with Crippen molar-refractivity contribution in [2.45, 2.75) is 18.8 Å². The molecule has 1 fully saturated rings. The van der Waals surface area contributed by atoms with Crippen LogP contribution in [0.5, 0.6) is 0 Å². The second kappa shape index (κ2) is 6.91. The number of likely N-dealkylation sites (tertiary alicyclic amines) is 1. The molecule has 0 aliphatic carbocycles. The van der Waals surface area contributed by atoms with Crippen molar-refractivity contribution in [3.63, 3.8) is 0 Å². The van der Waals surface area contributed by atoms with Gasteiger partial charge in [0, 0.05) is 23.5 Å². The smallest absolute Gasteiger partial charge is 0.253 e. The lowest BCUT2D eigenvalue weighted by Gasteiger charge is -2.31. The van der Waals surface area contributed by atoms with Crippen LogP contribution in [0.1, 0.15) is 34.0 Å². The van der Waals surface area contributed by atoms with Crippen LogP contribution < -0.4 is 0 Å². The minimum Gasteiger partial charge on any atom is -0.339 e. The molecule has 24 heavy (non-hydrogen) atoms. The molecule has 122 valence electrons. The molecule has 1 saturated heterocycles. The lowest BCUT2D eigenvalue weighted by Crippen LogP contribution is -2.37. The van der Waals surface area contributed by atoms with Crippen LogP contribution >= 0.6 is 22.7 Å². The van der Waals surface area contributed by atoms with E-state index in [2.05, 4.69) is 34.3 Å². The Morgan fingerprint density at radius 2 is 1.75 bits per heavy atom. The minimum absolute atomic E-state index is 0.163. The highest BCUT2D eigenvalue weighted by molar-refractivity contribution is 7.10. The van der Waals surface area contributed by atoms with Crippen LogP contribution in [0.25, 0.3) is 11.1 Å². The van der Waals surface area contributed by atoms with E-state index in [0.29, 0.717) is 5.92 Å². The van der Waals surface area contributed by atoms with Gasteiger partial charge in [-0.05, 0) is 70.3 Å². The molecule has 0 spiro atoms. The Balaban J connectivity index is 1.41. The van der Waals surface area contributed by atoms with Crippen LogP contribution in [-0.4, -0.2) is 23.9 Å². The second-order valence-electron chi connectivity index (χ2n) is 6.17. The summed E-state index contributed by atoms with van der Waals surface area (Å²) in [7, 11) is 0. The first-order chi connectivity index (χ1) is 11.8. The van der Waals surface area contributed by atoms with Gasteiger partial charge < -0.3 is 4.90 Å². The fraction of sp³-hybridized carbons (Fsp3) is 0.250. The fourth-order valence-corrected chi connectivity index (χ4v) is 4.87. The highest BCUT2D eigenvalue weighted by Gasteiger charge is 2.24. The number of hydrogen-bond donors (Lipinski definition) is 0. The van der Waals surface area contributed by atoms with Gasteiger partial charge in [0.05, 0.1) is 0 Å². The SMILES string of the molecule is O=C(c1ccc(-c2ccsc2)cc1)N1CCC(c2cccs2)CC1. The van der Waals surface area contributed by atoms with Crippen LogP contribution in [0.4, 0.5) is 0 Å². The number of carbonyl (C=O) groups is 1. The monoisotopic (exact) mass is 353 g/mol. The van der Waals surface area contributed by atoms with E-state index in [1.807, 2.05) is 40.5 Å². The predicted octanol–water partition coefficient (Wildman–Crippen LogP) is 5.50. The summed E-state index contributed by atoms with van der Waals surface area (Å²) in [5, 5.41) is 6.35. The van der Waals surface area contributed by atoms with Crippen molar-refractivity contribution in [1.29, 1.82) is 0 Å². The van der Waals surface area contributed by atoms with Gasteiger partial charge in [0.15, 0.2) is 0 Å². The first kappa shape index (κ1) is 15.6. The molecule has 4 rings (SSSR count). The third-order valence-electron chi connectivity index (χ3n) is 4.71. The summed E-state index contributed by atoms with van der Waals surface area (Å²) >= 11 is 3.53. The molecular formula is C20H19NOS2. The van der Waals surface area contributed by atoms with Crippen molar-refractivity contribution in [3.8, 4) is 11.1 Å². The zero-order chi connectivity index (χ0) is 16.4. The van der Waals surface area contributed by atoms with Crippen molar-refractivity contribution in [2.75, 3.05) is 13.1 Å². The van der Waals surface area contributed by atoms with E-state index >= 15 is 0 Å². The van der Waals surface area contributed by atoms with E-state index in [4.69, 9.17) is 0 Å². The van der Waals surface area contributed by atoms with E-state index in [1.165, 1.54) is 16.0 Å². The summed E-state index contributed by atoms with van der Waals surface area (Å²) < 4.78 is 0. The number of amides is 1. The minimum atomic E-state index is 0.163. The molecule has 0 unspecified atom stereocenters. The Bertz CT molecular complexity index is 783. The molecule has 1 amide bonds. The van der Waals surface area contributed by atoms with E-state index in [-0.39, 0.29) is 5.91 Å². The lowest BCUT2D eigenvalue weighted by atomic mass is 9.94. The topological polar surface area (TPSA) is 20.3 Å². The van der Waals surface area contributed by atoms with Crippen LogP contribution in [0, 0.1) is 0 Å². The quantitative estimate of drug-likeness (QED) is 0.609. The normalized spacial score (nSPS) is 15.6. The maximum absolute atomic E-state index is 12.7. The zero-order valence-electron chi connectivity index (χ0n) is 13.4. The summed E-state index contributed by atoms with van der Waals surface area (Å²) in [5.41, 5.74) is 3.18. The van der Waals surface area contributed by atoms with Gasteiger partial charge in [-0.25, -0.2) is 0 Å². The molecule has 0 atom stereocenters. The Labute approximate surface area is 150 Å². The summed E-state index contributed by atoms with van der Waals surface area (Å²) in [6.07, 6.45) is 2.14. The van der Waals surface area contributed by atoms with Gasteiger partial charge in [0.1, 0.15) is 0 Å². The molecule has 3 aromatic rings. The average molecular weight is 354 g/mol. The molecular weight excluding hydrogens is 334 g/mol. The summed E-state index contributed by atoms with van der Waals surface area (Å²) in [5.74, 6) is 0.784. The van der Waals surface area contributed by atoms with Crippen LogP contribution in [0.3, 0.4) is 0 Å². The molecule has 1 aliphatic rings. The van der Waals surface area contributed by atoms with Crippen molar-refractivity contribution < 1.29 is 4.79 Å². The van der Waals surface area contributed by atoms with E-state index in [9.17, 15) is 4.79 Å². The molecule has 0 radical (unpaired) electrons. The Morgan fingerprint density at radius 1 is 0.958 bits per heavy atom. The number of thiophene rings is 2. The number of hydrogen-bond acceptors (Lipinski definition) is 3. The Kier molecular flexibility index (Phi) is 4.50. The predicted molar refractivity (Wildman–Crippen MR) is 102 cm³/mol. The first-order valence-corrected chi connectivity index (χ1v) is 10.1. The summed E-state index contributed by atoms with van der Waals surface area (Å²) in [6.45, 7) is 1.71. The molecule has 1 aliphatic heterocycles. The molecule has 0 N–H and O–H groups in total. The van der Waals surface area contributed by atoms with Gasteiger partial charge in [0.2, 0.25) is 0 Å². The van der Waals surface area contributed by atoms with E-state index < -0.39 is 0 Å². The van der Waals surface area contributed by atoms with Crippen molar-refractivity contribution >= 4 is 28.6 Å². The number of benzene rings is 1. The number of piperidine rings is 1. The summed E-state index contributed by atoms with van der Waals surface area (Å²) in [6, 6.07) is 14.5. The molecule has 2 aromatic heterocycles. The molecule has 0 saturated carbocycles. The standard InChI is InChI=1S/C20H19NOS2/c22-20(17-5-3-15(4-6-17)18-9-13-23-14-18)21-10-7-16(8-11-21)19-2-1-12-24-19/h1-6,9,12-14,16H,7-8,10-11H2. The Morgan fingerprint density at radius 3 is 2.38 bits per heavy atom. The van der Waals surface area contributed by atoms with Crippen molar-refractivity contribution in [1.82, 2.24) is 4.90 Å². The zero-order valence-corrected chi connectivity index (χ0v) is 15.0. The van der Waals surface area contributed by atoms with Gasteiger partial charge >= 0.3 is 0 Å². The van der Waals surface area contributed by atoms with E-state index in [1.54, 1.807) is 11.3 Å². The van der Waals surface area contributed by atoms with Gasteiger partial charge in [-0.3, -0.25) is 4.79 Å². The average Bonchev–Trinajstić information content (AvgIpc) is 3.35. The van der Waals surface area contributed by atoms with Gasteiger partial charge in [-0.15, -0.1) is 11.3 Å². The van der Waals surface area contributed by atoms with Crippen molar-refractivity contribution in [2.24, 2.45) is 0 Å². The van der Waals surface area contributed by atoms with Gasteiger partial charge in [-0.2, -0.15) is 11.3 Å². The molecule has 0 bridgehead atoms. The third-order valence-corrected chi connectivity index (χ3v) is 6.43. The maximum Gasteiger partial charge on any atom is 0.253 e. The molecule has 2 nitrogen and oxygen atoms in total. The second-order valence-corrected chi connectivity index (χ2v) is 7.93. The van der Waals surface area contributed by atoms with Gasteiger partial charge in [-0.1, -0.05) is 18.2 Å². The molecule has 4 heteroatoms. The number of nitrogens with zero attached hydrogens (tertiary/aromatic N) is 1. The van der Waals surface area contributed by atoms with Crippen LogP contribution in [-0.2, 0) is 0 Å². The molecule has 3 heterocycles. The van der Waals surface area contributed by atoms with Crippen molar-refractivity contribution in [3.05, 3.63) is 69.0 Å². The summed E-state index contributed by atoms with van der Waals surface area (Å²) in [4.78, 5) is 16.2. The maximum atomic E-state index is 12.7. The number of carbonyl (C=O) groups excluding carboxylic acids is 1. The van der Waals surface area contributed by atoms with Gasteiger partial charge in [0.25, 0.3) is 5.91 Å². The highest BCUT2D eigenvalue weighted by atomic mass is 32.1. The third kappa shape index (κ3) is 3.17. The Hall–Kier alpha value is -1.91. The molecule has 1 aromatic carbocycles. The highest BCUT2D eigenvalue weighted by Crippen LogP contribution is 2.31. The van der Waals surface area contributed by atoms with Crippen LogP contribution in [0.2, 0.25) is 0 Å². The van der Waals surface area contributed by atoms with Crippen LogP contribution in [0.15, 0.2) is 58.6 Å². The van der Waals surface area contributed by atoms with E-state index in [0.717, 1.165) is 31.5 Å².